The highest BCUT2D eigenvalue weighted by Gasteiger charge is 2.08. The number of carbonyl (C=O) groups is 1. The van der Waals surface area contributed by atoms with E-state index in [1.165, 1.54) is 23.9 Å². The SMILES string of the molecule is O=C(O)c1cccc(SCc2cccc(Cl)c2F)c1. The summed E-state index contributed by atoms with van der Waals surface area (Å²) >= 11 is 7.07. The molecule has 0 aliphatic carbocycles. The molecule has 0 spiro atoms. The van der Waals surface area contributed by atoms with Gasteiger partial charge in [0.2, 0.25) is 0 Å². The van der Waals surface area contributed by atoms with Crippen molar-refractivity contribution in [1.29, 1.82) is 0 Å². The molecule has 0 fully saturated rings. The maximum Gasteiger partial charge on any atom is 0.335 e. The molecular formula is C14H10ClFO2S. The third kappa shape index (κ3) is 3.49. The molecule has 5 heteroatoms. The standard InChI is InChI=1S/C14H10ClFO2S/c15-12-6-2-4-10(13(12)16)8-19-11-5-1-3-9(7-11)14(17)18/h1-7H,8H2,(H,17,18). The Kier molecular flexibility index (Phi) is 4.45. The maximum atomic E-state index is 13.7. The normalized spacial score (nSPS) is 10.4. The lowest BCUT2D eigenvalue weighted by atomic mass is 10.2. The summed E-state index contributed by atoms with van der Waals surface area (Å²) in [6.07, 6.45) is 0. The fourth-order valence-electron chi connectivity index (χ4n) is 1.54. The molecule has 0 radical (unpaired) electrons. The second-order valence-corrected chi connectivity index (χ2v) is 5.29. The Labute approximate surface area is 119 Å². The summed E-state index contributed by atoms with van der Waals surface area (Å²) in [5.74, 6) is -1.00. The number of hydrogen-bond acceptors (Lipinski definition) is 2. The van der Waals surface area contributed by atoms with Crippen LogP contribution in [-0.4, -0.2) is 11.1 Å². The summed E-state index contributed by atoms with van der Waals surface area (Å²) in [6, 6.07) is 11.4. The van der Waals surface area contributed by atoms with Gasteiger partial charge < -0.3 is 5.11 Å². The van der Waals surface area contributed by atoms with Gasteiger partial charge in [-0.3, -0.25) is 0 Å². The van der Waals surface area contributed by atoms with Gasteiger partial charge in [0, 0.05) is 10.6 Å². The van der Waals surface area contributed by atoms with Crippen molar-refractivity contribution in [1.82, 2.24) is 0 Å². The van der Waals surface area contributed by atoms with Gasteiger partial charge in [-0.05, 0) is 29.8 Å². The van der Waals surface area contributed by atoms with Gasteiger partial charge in [-0.15, -0.1) is 11.8 Å². The number of aromatic carboxylic acids is 1. The molecule has 0 aromatic heterocycles. The average Bonchev–Trinajstić information content (AvgIpc) is 2.41. The topological polar surface area (TPSA) is 37.3 Å². The van der Waals surface area contributed by atoms with E-state index >= 15 is 0 Å². The summed E-state index contributed by atoms with van der Waals surface area (Å²) in [7, 11) is 0. The quantitative estimate of drug-likeness (QED) is 0.846. The first kappa shape index (κ1) is 13.9. The second kappa shape index (κ2) is 6.08. The van der Waals surface area contributed by atoms with E-state index in [9.17, 15) is 9.18 Å². The number of carboxylic acids is 1. The van der Waals surface area contributed by atoms with Crippen LogP contribution in [0.25, 0.3) is 0 Å². The molecule has 0 saturated carbocycles. The Bertz CT molecular complexity index is 616. The smallest absolute Gasteiger partial charge is 0.335 e. The first-order valence-electron chi connectivity index (χ1n) is 5.47. The van der Waals surface area contributed by atoms with Gasteiger partial charge >= 0.3 is 5.97 Å². The van der Waals surface area contributed by atoms with Crippen LogP contribution in [-0.2, 0) is 5.75 Å². The monoisotopic (exact) mass is 296 g/mol. The van der Waals surface area contributed by atoms with Gasteiger partial charge in [-0.1, -0.05) is 29.8 Å². The van der Waals surface area contributed by atoms with Gasteiger partial charge in [0.15, 0.2) is 0 Å². The zero-order valence-electron chi connectivity index (χ0n) is 9.77. The molecule has 0 amide bonds. The van der Waals surface area contributed by atoms with Crippen LogP contribution in [0.3, 0.4) is 0 Å². The Morgan fingerprint density at radius 2 is 2.00 bits per heavy atom. The summed E-state index contributed by atoms with van der Waals surface area (Å²) in [5.41, 5.74) is 0.717. The highest BCUT2D eigenvalue weighted by atomic mass is 35.5. The lowest BCUT2D eigenvalue weighted by Gasteiger charge is -2.05. The molecule has 0 bridgehead atoms. The molecule has 0 aliphatic heterocycles. The van der Waals surface area contributed by atoms with Crippen LogP contribution >= 0.6 is 23.4 Å². The Balaban J connectivity index is 2.12. The van der Waals surface area contributed by atoms with E-state index in [1.807, 2.05) is 0 Å². The Morgan fingerprint density at radius 3 is 2.74 bits per heavy atom. The number of hydrogen-bond donors (Lipinski definition) is 1. The van der Waals surface area contributed by atoms with Crippen molar-refractivity contribution in [3.63, 3.8) is 0 Å². The zero-order chi connectivity index (χ0) is 13.8. The number of thioether (sulfide) groups is 1. The first-order valence-corrected chi connectivity index (χ1v) is 6.83. The van der Waals surface area contributed by atoms with Gasteiger partial charge in [0.05, 0.1) is 10.6 Å². The molecule has 98 valence electrons. The molecule has 2 nitrogen and oxygen atoms in total. The lowest BCUT2D eigenvalue weighted by molar-refractivity contribution is 0.0696. The minimum atomic E-state index is -0.976. The van der Waals surface area contributed by atoms with Crippen molar-refractivity contribution >= 4 is 29.3 Å². The van der Waals surface area contributed by atoms with Gasteiger partial charge in [-0.25, -0.2) is 9.18 Å². The van der Waals surface area contributed by atoms with Gasteiger partial charge in [-0.2, -0.15) is 0 Å². The van der Waals surface area contributed by atoms with Crippen molar-refractivity contribution in [2.24, 2.45) is 0 Å². The molecule has 0 heterocycles. The predicted octanol–water partition coefficient (Wildman–Crippen LogP) is 4.47. The van der Waals surface area contributed by atoms with Crippen LogP contribution < -0.4 is 0 Å². The van der Waals surface area contributed by atoms with Crippen LogP contribution in [0.15, 0.2) is 47.4 Å². The van der Waals surface area contributed by atoms with Crippen molar-refractivity contribution in [2.75, 3.05) is 0 Å². The van der Waals surface area contributed by atoms with Crippen LogP contribution in [0, 0.1) is 5.82 Å². The molecular weight excluding hydrogens is 287 g/mol. The van der Waals surface area contributed by atoms with E-state index in [4.69, 9.17) is 16.7 Å². The Hall–Kier alpha value is -1.52. The molecule has 2 aromatic rings. The molecule has 2 aromatic carbocycles. The Morgan fingerprint density at radius 1 is 1.26 bits per heavy atom. The summed E-state index contributed by atoms with van der Waals surface area (Å²) in [6.45, 7) is 0. The minimum Gasteiger partial charge on any atom is -0.478 e. The van der Waals surface area contributed by atoms with Crippen molar-refractivity contribution in [3.8, 4) is 0 Å². The predicted molar refractivity (Wildman–Crippen MR) is 74.4 cm³/mol. The summed E-state index contributed by atoms with van der Waals surface area (Å²) in [4.78, 5) is 11.6. The molecule has 19 heavy (non-hydrogen) atoms. The average molecular weight is 297 g/mol. The third-order valence-corrected chi connectivity index (χ3v) is 3.84. The molecule has 2 rings (SSSR count). The van der Waals surface area contributed by atoms with E-state index in [-0.39, 0.29) is 10.6 Å². The van der Waals surface area contributed by atoms with E-state index in [1.54, 1.807) is 30.3 Å². The van der Waals surface area contributed by atoms with E-state index in [0.717, 1.165) is 4.90 Å². The van der Waals surface area contributed by atoms with Gasteiger partial charge in [0.1, 0.15) is 5.82 Å². The fraction of sp³-hybridized carbons (Fsp3) is 0.0714. The summed E-state index contributed by atoms with van der Waals surface area (Å²) < 4.78 is 13.7. The van der Waals surface area contributed by atoms with Crippen LogP contribution in [0.1, 0.15) is 15.9 Å². The number of rotatable bonds is 4. The number of halogens is 2. The van der Waals surface area contributed by atoms with Crippen molar-refractivity contribution < 1.29 is 14.3 Å². The van der Waals surface area contributed by atoms with Crippen molar-refractivity contribution in [2.45, 2.75) is 10.6 Å². The fourth-order valence-corrected chi connectivity index (χ4v) is 2.66. The second-order valence-electron chi connectivity index (χ2n) is 3.83. The highest BCUT2D eigenvalue weighted by molar-refractivity contribution is 7.98. The molecule has 0 unspecified atom stereocenters. The first-order chi connectivity index (χ1) is 9.08. The van der Waals surface area contributed by atoms with Crippen molar-refractivity contribution in [3.05, 3.63) is 64.4 Å². The molecule has 0 aliphatic rings. The lowest BCUT2D eigenvalue weighted by Crippen LogP contribution is -1.95. The van der Waals surface area contributed by atoms with Crippen LogP contribution in [0.2, 0.25) is 5.02 Å². The zero-order valence-corrected chi connectivity index (χ0v) is 11.3. The molecule has 0 saturated heterocycles. The van der Waals surface area contributed by atoms with E-state index in [0.29, 0.717) is 11.3 Å². The number of carboxylic acid groups (broad SMARTS) is 1. The summed E-state index contributed by atoms with van der Waals surface area (Å²) in [5, 5.41) is 8.98. The highest BCUT2D eigenvalue weighted by Crippen LogP contribution is 2.27. The molecule has 0 atom stereocenters. The minimum absolute atomic E-state index is 0.0948. The van der Waals surface area contributed by atoms with Gasteiger partial charge in [0.25, 0.3) is 0 Å². The third-order valence-electron chi connectivity index (χ3n) is 2.51. The van der Waals surface area contributed by atoms with Crippen LogP contribution in [0.5, 0.6) is 0 Å². The largest absolute Gasteiger partial charge is 0.478 e. The van der Waals surface area contributed by atoms with E-state index < -0.39 is 11.8 Å². The van der Waals surface area contributed by atoms with E-state index in [2.05, 4.69) is 0 Å². The van der Waals surface area contributed by atoms with Crippen LogP contribution in [0.4, 0.5) is 4.39 Å². The molecule has 1 N–H and O–H groups in total. The maximum absolute atomic E-state index is 13.7. The number of benzene rings is 2.